The van der Waals surface area contributed by atoms with E-state index in [-0.39, 0.29) is 16.8 Å². The molecule has 0 fully saturated rings. The average molecular weight is 687 g/mol. The fraction of sp³-hybridized carbons (Fsp3) is 0.290. The molecule has 0 saturated heterocycles. The number of amides is 1. The van der Waals surface area contributed by atoms with E-state index in [1.807, 2.05) is 6.07 Å². The number of aromatic nitrogens is 1. The lowest BCUT2D eigenvalue weighted by Crippen LogP contribution is -2.59. The third-order valence-corrected chi connectivity index (χ3v) is 10.2. The molecular formula is C31H29Cl2N5O7S. The van der Waals surface area contributed by atoms with E-state index >= 15 is 0 Å². The van der Waals surface area contributed by atoms with Gasteiger partial charge in [-0.2, -0.15) is 3.94 Å². The van der Waals surface area contributed by atoms with Crippen LogP contribution in [0.3, 0.4) is 0 Å². The molecule has 46 heavy (non-hydrogen) atoms. The Bertz CT molecular complexity index is 1870. The Morgan fingerprint density at radius 1 is 1.09 bits per heavy atom. The van der Waals surface area contributed by atoms with E-state index < -0.39 is 76.1 Å². The minimum atomic E-state index is -1.52. The smallest absolute Gasteiger partial charge is 0.255 e. The van der Waals surface area contributed by atoms with Crippen LogP contribution in [0.15, 0.2) is 64.4 Å². The van der Waals surface area contributed by atoms with Crippen LogP contribution in [-0.2, 0) is 9.59 Å². The second-order valence-electron chi connectivity index (χ2n) is 11.8. The van der Waals surface area contributed by atoms with Crippen molar-refractivity contribution in [3.05, 3.63) is 75.6 Å². The minimum absolute atomic E-state index is 0.101. The van der Waals surface area contributed by atoms with Gasteiger partial charge in [-0.05, 0) is 43.8 Å². The first-order valence-electron chi connectivity index (χ1n) is 14.1. The van der Waals surface area contributed by atoms with Crippen LogP contribution >= 0.6 is 34.9 Å². The number of Topliss-reactive ketones (excluding diaryl/α,β-unsaturated/α-hetero) is 2. The zero-order valence-corrected chi connectivity index (χ0v) is 26.9. The number of fused-ring (bicyclic) bond motifs is 3. The highest BCUT2D eigenvalue weighted by Crippen LogP contribution is 2.54. The summed E-state index contributed by atoms with van der Waals surface area (Å²) in [6, 6.07) is 9.26. The fourth-order valence-corrected chi connectivity index (χ4v) is 8.00. The molecule has 3 aromatic rings. The summed E-state index contributed by atoms with van der Waals surface area (Å²) in [4.78, 5) is 45.9. The summed E-state index contributed by atoms with van der Waals surface area (Å²) >= 11 is 12.9. The molecule has 1 heterocycles. The van der Waals surface area contributed by atoms with Gasteiger partial charge in [-0.1, -0.05) is 25.1 Å². The second kappa shape index (κ2) is 11.6. The maximum absolute atomic E-state index is 14.1. The summed E-state index contributed by atoms with van der Waals surface area (Å²) < 4.78 is 0.934. The van der Waals surface area contributed by atoms with Crippen LogP contribution in [0.1, 0.15) is 28.8 Å². The molecule has 1 amide bonds. The highest BCUT2D eigenvalue weighted by Gasteiger charge is 2.59. The van der Waals surface area contributed by atoms with Crippen molar-refractivity contribution in [2.45, 2.75) is 25.0 Å². The number of anilines is 3. The molecule has 0 aliphatic heterocycles. The summed E-state index contributed by atoms with van der Waals surface area (Å²) in [6.07, 6.45) is -1.40. The van der Waals surface area contributed by atoms with Crippen molar-refractivity contribution >= 4 is 68.9 Å². The lowest BCUT2D eigenvalue weighted by atomic mass is 9.57. The number of hydrogen-bond donors (Lipinski definition) is 6. The van der Waals surface area contributed by atoms with E-state index in [4.69, 9.17) is 29.3 Å². The maximum Gasteiger partial charge on any atom is 0.255 e. The number of ketones is 2. The highest BCUT2D eigenvalue weighted by molar-refractivity contribution is 7.14. The van der Waals surface area contributed by atoms with Gasteiger partial charge in [0.2, 0.25) is 0 Å². The molecule has 2 aromatic carbocycles. The summed E-state index contributed by atoms with van der Waals surface area (Å²) in [5.41, 5.74) is 6.89. The summed E-state index contributed by atoms with van der Waals surface area (Å²) in [7, 11) is 3.17. The zero-order chi connectivity index (χ0) is 33.4. The SMILES string of the molecule is C[C@H]1c2ccc(Nc3nc(-c4cccc(N(Cl)Cl)c4)cs3)c(O)c2C(=O)C2=C(O)C3C(=O)C(C(N)=O)=C(O)[C@@H](N(C)C)C3[C@@H](O)C21. The first-order chi connectivity index (χ1) is 21.7. The number of carbonyl (C=O) groups excluding carboxylic acids is 3. The van der Waals surface area contributed by atoms with Gasteiger partial charge in [0, 0.05) is 51.9 Å². The molecule has 0 saturated carbocycles. The van der Waals surface area contributed by atoms with E-state index in [2.05, 4.69) is 10.3 Å². The Kier molecular flexibility index (Phi) is 8.02. The number of thiazole rings is 1. The van der Waals surface area contributed by atoms with Gasteiger partial charge in [0.1, 0.15) is 17.1 Å². The van der Waals surface area contributed by atoms with Crippen molar-refractivity contribution in [3.63, 3.8) is 0 Å². The molecule has 0 bridgehead atoms. The summed E-state index contributed by atoms with van der Waals surface area (Å²) in [6.45, 7) is 1.74. The van der Waals surface area contributed by atoms with Crippen molar-refractivity contribution in [1.29, 1.82) is 0 Å². The number of halogens is 2. The third-order valence-electron chi connectivity index (χ3n) is 9.08. The molecule has 6 atom stereocenters. The normalized spacial score (nSPS) is 25.7. The fourth-order valence-electron chi connectivity index (χ4n) is 7.06. The van der Waals surface area contributed by atoms with Crippen molar-refractivity contribution in [2.75, 3.05) is 23.4 Å². The number of nitrogens with zero attached hydrogens (tertiary/aromatic N) is 3. The minimum Gasteiger partial charge on any atom is -0.511 e. The molecule has 6 rings (SSSR count). The number of primary amides is 1. The molecule has 3 unspecified atom stereocenters. The standard InChI is InChI=1S/C31H29Cl2N5O7S/c1-11-14-7-8-15(35-31-36-16(10-46-31)12-5-4-6-13(9-12)38(32)33)24(39)18(14)26(41)20-17(11)25(40)19-21(27(20)42)28(43)22(30(34)45)29(44)23(19)37(2)3/h4-11,17,19,21,23,25,39-40,42,44H,1-3H3,(H2,34,45)(H,35,36)/t11-,17?,19?,21?,23-,25-/m0/s1. The predicted molar refractivity (Wildman–Crippen MR) is 173 cm³/mol. The third kappa shape index (κ3) is 4.81. The Balaban J connectivity index is 1.39. The first kappa shape index (κ1) is 31.8. The Labute approximate surface area is 277 Å². The first-order valence-corrected chi connectivity index (χ1v) is 15.7. The number of aromatic hydroxyl groups is 1. The number of aliphatic hydroxyl groups is 3. The van der Waals surface area contributed by atoms with Crippen LogP contribution in [0, 0.1) is 17.8 Å². The number of carbonyl (C=O) groups is 3. The van der Waals surface area contributed by atoms with Gasteiger partial charge in [0.25, 0.3) is 5.91 Å². The number of phenols is 1. The van der Waals surface area contributed by atoms with E-state index in [1.165, 1.54) is 16.2 Å². The number of benzene rings is 2. The Hall–Kier alpha value is -4.14. The van der Waals surface area contributed by atoms with Crippen LogP contribution < -0.4 is 15.0 Å². The van der Waals surface area contributed by atoms with Crippen LogP contribution in [0.4, 0.5) is 16.5 Å². The van der Waals surface area contributed by atoms with Crippen LogP contribution in [0.5, 0.6) is 5.75 Å². The molecular weight excluding hydrogens is 657 g/mol. The predicted octanol–water partition coefficient (Wildman–Crippen LogP) is 4.52. The molecule has 12 nitrogen and oxygen atoms in total. The van der Waals surface area contributed by atoms with E-state index in [1.54, 1.807) is 56.7 Å². The van der Waals surface area contributed by atoms with Crippen LogP contribution in [-0.4, -0.2) is 74.0 Å². The van der Waals surface area contributed by atoms with E-state index in [0.29, 0.717) is 22.1 Å². The van der Waals surface area contributed by atoms with Crippen molar-refractivity contribution in [1.82, 2.24) is 9.88 Å². The van der Waals surface area contributed by atoms with Gasteiger partial charge in [-0.3, -0.25) is 19.3 Å². The van der Waals surface area contributed by atoms with Gasteiger partial charge >= 0.3 is 0 Å². The topological polar surface area (TPSA) is 190 Å². The van der Waals surface area contributed by atoms with Gasteiger partial charge < -0.3 is 31.5 Å². The lowest BCUT2D eigenvalue weighted by molar-refractivity contribution is -0.131. The number of nitrogens with one attached hydrogen (secondary N) is 1. The quantitative estimate of drug-likeness (QED) is 0.122. The Morgan fingerprint density at radius 2 is 1.80 bits per heavy atom. The molecule has 3 aliphatic carbocycles. The molecule has 240 valence electrons. The second-order valence-corrected chi connectivity index (χ2v) is 13.5. The molecule has 0 radical (unpaired) electrons. The molecule has 0 spiro atoms. The average Bonchev–Trinajstić information content (AvgIpc) is 3.46. The number of allylic oxidation sites excluding steroid dienone is 1. The summed E-state index contributed by atoms with van der Waals surface area (Å²) in [5, 5.41) is 50.9. The Morgan fingerprint density at radius 3 is 2.46 bits per heavy atom. The highest BCUT2D eigenvalue weighted by atomic mass is 35.5. The number of likely N-dealkylation sites (N-methyl/N-ethyl adjacent to an activating group) is 1. The maximum atomic E-state index is 14.1. The van der Waals surface area contributed by atoms with Crippen LogP contribution in [0.2, 0.25) is 0 Å². The van der Waals surface area contributed by atoms with E-state index in [0.717, 1.165) is 9.50 Å². The van der Waals surface area contributed by atoms with E-state index in [9.17, 15) is 34.8 Å². The molecule has 1 aromatic heterocycles. The number of rotatable bonds is 6. The number of hydrogen-bond acceptors (Lipinski definition) is 12. The molecule has 3 aliphatic rings. The van der Waals surface area contributed by atoms with Gasteiger partial charge in [0.05, 0.1) is 40.7 Å². The van der Waals surface area contributed by atoms with Gasteiger partial charge in [0.15, 0.2) is 22.4 Å². The monoisotopic (exact) mass is 685 g/mol. The molecule has 15 heteroatoms. The number of nitrogens with two attached hydrogens (primary N) is 1. The van der Waals surface area contributed by atoms with Gasteiger partial charge in [-0.25, -0.2) is 4.98 Å². The lowest BCUT2D eigenvalue weighted by Gasteiger charge is -2.50. The van der Waals surface area contributed by atoms with Gasteiger partial charge in [-0.15, -0.1) is 11.3 Å². The molecule has 7 N–H and O–H groups in total. The summed E-state index contributed by atoms with van der Waals surface area (Å²) in [5.74, 6) is -8.78. The number of aliphatic hydroxyl groups excluding tert-OH is 3. The largest absolute Gasteiger partial charge is 0.511 e. The zero-order valence-electron chi connectivity index (χ0n) is 24.6. The van der Waals surface area contributed by atoms with Crippen molar-refractivity contribution in [2.24, 2.45) is 23.5 Å². The number of phenolic OH excluding ortho intramolecular Hbond substituents is 1. The van der Waals surface area contributed by atoms with Crippen molar-refractivity contribution in [3.8, 4) is 17.0 Å². The van der Waals surface area contributed by atoms with Crippen molar-refractivity contribution < 1.29 is 34.8 Å². The van der Waals surface area contributed by atoms with Crippen LogP contribution in [0.25, 0.3) is 11.3 Å².